The van der Waals surface area contributed by atoms with Gasteiger partial charge in [-0.2, -0.15) is 16.7 Å². The van der Waals surface area contributed by atoms with Crippen molar-refractivity contribution in [3.8, 4) is 0 Å². The molecule has 2 heterocycles. The Bertz CT molecular complexity index is 527. The van der Waals surface area contributed by atoms with Gasteiger partial charge in [-0.3, -0.25) is 9.69 Å². The second kappa shape index (κ2) is 6.58. The molecule has 0 radical (unpaired) electrons. The molecular weight excluding hydrogens is 300 g/mol. The maximum absolute atomic E-state index is 12.7. The lowest BCUT2D eigenvalue weighted by Crippen LogP contribution is -2.62. The molecule has 1 aromatic rings. The first-order chi connectivity index (χ1) is 10.6. The minimum Gasteiger partial charge on any atom is -0.338 e. The Kier molecular flexibility index (Phi) is 4.73. The van der Waals surface area contributed by atoms with Gasteiger partial charge in [0.2, 0.25) is 5.89 Å². The number of hydrogen-bond donors (Lipinski definition) is 0. The first-order valence-corrected chi connectivity index (χ1v) is 9.36. The van der Waals surface area contributed by atoms with Gasteiger partial charge in [-0.25, -0.2) is 0 Å². The first kappa shape index (κ1) is 15.8. The van der Waals surface area contributed by atoms with Crippen LogP contribution < -0.4 is 0 Å². The molecule has 6 nitrogen and oxygen atoms in total. The molecule has 0 aromatic carbocycles. The highest BCUT2D eigenvalue weighted by atomic mass is 32.2. The van der Waals surface area contributed by atoms with Gasteiger partial charge in [-0.1, -0.05) is 24.4 Å². The van der Waals surface area contributed by atoms with E-state index in [9.17, 15) is 4.79 Å². The highest BCUT2D eigenvalue weighted by molar-refractivity contribution is 7.97. The number of carbonyl (C=O) groups is 1. The summed E-state index contributed by atoms with van der Waals surface area (Å²) in [6.07, 6.45) is 8.15. The highest BCUT2D eigenvalue weighted by Crippen LogP contribution is 2.35. The van der Waals surface area contributed by atoms with Crippen LogP contribution in [0.25, 0.3) is 0 Å². The molecule has 3 rings (SSSR count). The average molecular weight is 324 g/mol. The summed E-state index contributed by atoms with van der Waals surface area (Å²) in [5.74, 6) is 1.29. The molecule has 122 valence electrons. The largest absolute Gasteiger partial charge is 0.338 e. The van der Waals surface area contributed by atoms with Crippen LogP contribution in [0.3, 0.4) is 0 Å². The number of likely N-dealkylation sites (N-methyl/N-ethyl adjacent to an activating group) is 1. The van der Waals surface area contributed by atoms with Crippen LogP contribution in [0, 0.1) is 0 Å². The zero-order valence-electron chi connectivity index (χ0n) is 13.4. The number of nitrogens with zero attached hydrogens (tertiary/aromatic N) is 4. The maximum atomic E-state index is 12.7. The third kappa shape index (κ3) is 3.01. The van der Waals surface area contributed by atoms with Crippen molar-refractivity contribution in [3.05, 3.63) is 11.7 Å². The Morgan fingerprint density at radius 1 is 1.32 bits per heavy atom. The molecule has 0 N–H and O–H groups in total. The molecule has 2 fully saturated rings. The summed E-state index contributed by atoms with van der Waals surface area (Å²) >= 11 is 1.61. The number of aromatic nitrogens is 2. The molecule has 0 bridgehead atoms. The van der Waals surface area contributed by atoms with Gasteiger partial charge in [0.05, 0.1) is 5.75 Å². The highest BCUT2D eigenvalue weighted by Gasteiger charge is 2.42. The van der Waals surface area contributed by atoms with Crippen LogP contribution in [-0.2, 0) is 5.75 Å². The summed E-state index contributed by atoms with van der Waals surface area (Å²) in [4.78, 5) is 21.3. The lowest BCUT2D eigenvalue weighted by Gasteiger charge is -2.51. The number of hydrogen-bond acceptors (Lipinski definition) is 6. The Balaban J connectivity index is 1.72. The van der Waals surface area contributed by atoms with Crippen LogP contribution in [0.15, 0.2) is 4.52 Å². The summed E-state index contributed by atoms with van der Waals surface area (Å²) in [5, 5.41) is 3.86. The molecule has 1 aliphatic heterocycles. The van der Waals surface area contributed by atoms with Crippen LogP contribution in [0.1, 0.15) is 48.6 Å². The standard InChI is InChI=1S/C15H24N4O2S/c1-18-8-9-19(11-15(18)6-4-3-5-7-15)14(20)13-16-12(10-22-2)21-17-13/h3-11H2,1-2H3. The summed E-state index contributed by atoms with van der Waals surface area (Å²) in [6, 6.07) is 0. The zero-order chi connectivity index (χ0) is 15.6. The second-order valence-corrected chi connectivity index (χ2v) is 7.24. The molecule has 1 amide bonds. The van der Waals surface area contributed by atoms with E-state index in [0.717, 1.165) is 19.6 Å². The maximum Gasteiger partial charge on any atom is 0.295 e. The van der Waals surface area contributed by atoms with Crippen molar-refractivity contribution in [2.75, 3.05) is 32.9 Å². The molecule has 1 saturated heterocycles. The lowest BCUT2D eigenvalue weighted by molar-refractivity contribution is -0.00533. The monoisotopic (exact) mass is 324 g/mol. The van der Waals surface area contributed by atoms with Crippen LogP contribution >= 0.6 is 11.8 Å². The van der Waals surface area contributed by atoms with Gasteiger partial charge in [0.25, 0.3) is 11.7 Å². The third-order valence-corrected chi connectivity index (χ3v) is 5.53. The van der Waals surface area contributed by atoms with Gasteiger partial charge in [-0.05, 0) is 26.1 Å². The Morgan fingerprint density at radius 3 is 2.82 bits per heavy atom. The molecular formula is C15H24N4O2S. The molecule has 0 unspecified atom stereocenters. The van der Waals surface area contributed by atoms with E-state index < -0.39 is 0 Å². The predicted molar refractivity (Wildman–Crippen MR) is 85.9 cm³/mol. The fourth-order valence-corrected chi connectivity index (χ4v) is 4.02. The van der Waals surface area contributed by atoms with Gasteiger partial charge in [0.1, 0.15) is 0 Å². The molecule has 1 saturated carbocycles. The van der Waals surface area contributed by atoms with E-state index in [1.807, 2.05) is 11.2 Å². The van der Waals surface area contributed by atoms with Crippen molar-refractivity contribution in [1.29, 1.82) is 0 Å². The van der Waals surface area contributed by atoms with E-state index >= 15 is 0 Å². The molecule has 7 heteroatoms. The molecule has 22 heavy (non-hydrogen) atoms. The van der Waals surface area contributed by atoms with Crippen molar-refractivity contribution < 1.29 is 9.32 Å². The summed E-state index contributed by atoms with van der Waals surface area (Å²) in [5.41, 5.74) is 0.151. The third-order valence-electron chi connectivity index (χ3n) is 5.00. The van der Waals surface area contributed by atoms with Crippen LogP contribution in [0.5, 0.6) is 0 Å². The second-order valence-electron chi connectivity index (χ2n) is 6.38. The number of rotatable bonds is 3. The molecule has 0 atom stereocenters. The Hall–Kier alpha value is -1.08. The van der Waals surface area contributed by atoms with Crippen molar-refractivity contribution in [2.45, 2.75) is 43.4 Å². The van der Waals surface area contributed by atoms with E-state index in [1.165, 1.54) is 32.1 Å². The lowest BCUT2D eigenvalue weighted by atomic mass is 9.79. The topological polar surface area (TPSA) is 62.5 Å². The quantitative estimate of drug-likeness (QED) is 0.848. The smallest absolute Gasteiger partial charge is 0.295 e. The first-order valence-electron chi connectivity index (χ1n) is 7.97. The van der Waals surface area contributed by atoms with Gasteiger partial charge < -0.3 is 9.42 Å². The van der Waals surface area contributed by atoms with Crippen molar-refractivity contribution >= 4 is 17.7 Å². The minimum absolute atomic E-state index is 0.0887. The Labute approximate surface area is 135 Å². The van der Waals surface area contributed by atoms with Crippen molar-refractivity contribution in [3.63, 3.8) is 0 Å². The summed E-state index contributed by atoms with van der Waals surface area (Å²) in [6.45, 7) is 2.44. The van der Waals surface area contributed by atoms with E-state index in [4.69, 9.17) is 4.52 Å². The molecule has 1 spiro atoms. The minimum atomic E-state index is -0.0887. The van der Waals surface area contributed by atoms with Crippen LogP contribution in [-0.4, -0.2) is 64.3 Å². The van der Waals surface area contributed by atoms with E-state index in [0.29, 0.717) is 11.6 Å². The average Bonchev–Trinajstić information content (AvgIpc) is 2.99. The molecule has 2 aliphatic rings. The molecule has 1 aromatic heterocycles. The van der Waals surface area contributed by atoms with E-state index in [-0.39, 0.29) is 17.3 Å². The summed E-state index contributed by atoms with van der Waals surface area (Å²) < 4.78 is 5.14. The number of piperazine rings is 1. The van der Waals surface area contributed by atoms with Gasteiger partial charge in [-0.15, -0.1) is 0 Å². The fraction of sp³-hybridized carbons (Fsp3) is 0.800. The Morgan fingerprint density at radius 2 is 2.09 bits per heavy atom. The SMILES string of the molecule is CSCc1nc(C(=O)N2CCN(C)C3(CCCCC3)C2)no1. The zero-order valence-corrected chi connectivity index (χ0v) is 14.2. The number of amides is 1. The van der Waals surface area contributed by atoms with Crippen LogP contribution in [0.4, 0.5) is 0 Å². The van der Waals surface area contributed by atoms with Crippen molar-refractivity contribution in [1.82, 2.24) is 19.9 Å². The number of carbonyl (C=O) groups excluding carboxylic acids is 1. The van der Waals surface area contributed by atoms with Gasteiger partial charge in [0, 0.05) is 25.2 Å². The van der Waals surface area contributed by atoms with Gasteiger partial charge in [0.15, 0.2) is 0 Å². The van der Waals surface area contributed by atoms with E-state index in [1.54, 1.807) is 11.8 Å². The predicted octanol–water partition coefficient (Wildman–Crippen LogP) is 2.02. The van der Waals surface area contributed by atoms with Crippen molar-refractivity contribution in [2.24, 2.45) is 0 Å². The summed E-state index contributed by atoms with van der Waals surface area (Å²) in [7, 11) is 2.19. The molecule has 1 aliphatic carbocycles. The number of thioether (sulfide) groups is 1. The fourth-order valence-electron chi connectivity index (χ4n) is 3.65. The van der Waals surface area contributed by atoms with Crippen LogP contribution in [0.2, 0.25) is 0 Å². The normalized spacial score (nSPS) is 22.2. The van der Waals surface area contributed by atoms with E-state index in [2.05, 4.69) is 22.1 Å². The van der Waals surface area contributed by atoms with Gasteiger partial charge >= 0.3 is 0 Å².